The summed E-state index contributed by atoms with van der Waals surface area (Å²) in [5.41, 5.74) is 1.03. The molecule has 0 aliphatic carbocycles. The molecule has 3 rings (SSSR count). The number of halogens is 1. The van der Waals surface area contributed by atoms with Gasteiger partial charge in [-0.1, -0.05) is 25.6 Å². The molecule has 2 N–H and O–H groups in total. The summed E-state index contributed by atoms with van der Waals surface area (Å²) < 4.78 is 19.9. The summed E-state index contributed by atoms with van der Waals surface area (Å²) in [5, 5.41) is 14.7. The molecular formula is C23H26FN5O3S. The first-order chi connectivity index (χ1) is 15.8. The number of hydrogen-bond donors (Lipinski definition) is 2. The van der Waals surface area contributed by atoms with E-state index >= 15 is 0 Å². The van der Waals surface area contributed by atoms with Crippen LogP contribution in [0.1, 0.15) is 36.1 Å². The fraction of sp³-hybridized carbons (Fsp3) is 0.304. The summed E-state index contributed by atoms with van der Waals surface area (Å²) >= 11 is 1.22. The van der Waals surface area contributed by atoms with E-state index in [1.54, 1.807) is 43.0 Å². The van der Waals surface area contributed by atoms with E-state index in [-0.39, 0.29) is 35.3 Å². The molecule has 0 radical (unpaired) electrons. The monoisotopic (exact) mass is 471 g/mol. The van der Waals surface area contributed by atoms with Crippen LogP contribution in [0.2, 0.25) is 0 Å². The summed E-state index contributed by atoms with van der Waals surface area (Å²) in [5.74, 6) is 0.575. The zero-order chi connectivity index (χ0) is 24.0. The van der Waals surface area contributed by atoms with Gasteiger partial charge in [-0.05, 0) is 54.4 Å². The first kappa shape index (κ1) is 24.2. The molecule has 0 saturated carbocycles. The minimum Gasteiger partial charge on any atom is -0.497 e. The number of aromatic nitrogens is 3. The minimum atomic E-state index is -0.375. The number of rotatable bonds is 9. The van der Waals surface area contributed by atoms with Crippen molar-refractivity contribution in [2.24, 2.45) is 13.0 Å². The Bertz CT molecular complexity index is 1100. The lowest BCUT2D eigenvalue weighted by atomic mass is 10.0. The maximum atomic E-state index is 13.0. The van der Waals surface area contributed by atoms with Crippen molar-refractivity contribution in [1.82, 2.24) is 20.1 Å². The number of hydrogen-bond acceptors (Lipinski definition) is 6. The van der Waals surface area contributed by atoms with E-state index in [1.165, 1.54) is 36.0 Å². The second kappa shape index (κ2) is 11.0. The Morgan fingerprint density at radius 2 is 1.76 bits per heavy atom. The van der Waals surface area contributed by atoms with Crippen molar-refractivity contribution < 1.29 is 18.7 Å². The van der Waals surface area contributed by atoms with Crippen LogP contribution in [-0.2, 0) is 11.8 Å². The van der Waals surface area contributed by atoms with E-state index in [1.807, 2.05) is 13.8 Å². The quantitative estimate of drug-likeness (QED) is 0.461. The summed E-state index contributed by atoms with van der Waals surface area (Å²) in [6.45, 7) is 3.97. The van der Waals surface area contributed by atoms with Gasteiger partial charge in [0, 0.05) is 18.3 Å². The molecular weight excluding hydrogens is 445 g/mol. The fourth-order valence-electron chi connectivity index (χ4n) is 3.08. The molecule has 3 aromatic rings. The predicted octanol–water partition coefficient (Wildman–Crippen LogP) is 3.82. The second-order valence-corrected chi connectivity index (χ2v) is 8.61. The number of nitrogens with one attached hydrogen (secondary N) is 2. The average molecular weight is 472 g/mol. The lowest BCUT2D eigenvalue weighted by Gasteiger charge is -2.21. The molecule has 2 aromatic carbocycles. The van der Waals surface area contributed by atoms with Gasteiger partial charge in [-0.2, -0.15) is 0 Å². The van der Waals surface area contributed by atoms with Crippen LogP contribution in [0.3, 0.4) is 0 Å². The van der Waals surface area contributed by atoms with Crippen LogP contribution in [0.15, 0.2) is 53.7 Å². The standard InChI is InChI=1S/C23H26FN5O3S/c1-14(2)20(26-22(31)15-5-11-18(32-4)12-6-15)21-27-28-23(29(21)3)33-13-19(30)25-17-9-7-16(24)8-10-17/h5-12,14,20H,13H2,1-4H3,(H,25,30)(H,26,31). The van der Waals surface area contributed by atoms with Gasteiger partial charge in [0.15, 0.2) is 11.0 Å². The van der Waals surface area contributed by atoms with E-state index in [0.29, 0.717) is 28.0 Å². The highest BCUT2D eigenvalue weighted by Crippen LogP contribution is 2.25. The SMILES string of the molecule is COc1ccc(C(=O)NC(c2nnc(SCC(=O)Nc3ccc(F)cc3)n2C)C(C)C)cc1. The number of methoxy groups -OCH3 is 1. The molecule has 0 bridgehead atoms. The van der Waals surface area contributed by atoms with Crippen molar-refractivity contribution in [3.63, 3.8) is 0 Å². The molecule has 1 aromatic heterocycles. The molecule has 1 unspecified atom stereocenters. The smallest absolute Gasteiger partial charge is 0.251 e. The van der Waals surface area contributed by atoms with Crippen LogP contribution < -0.4 is 15.4 Å². The number of carbonyl (C=O) groups is 2. The third-order valence-electron chi connectivity index (χ3n) is 4.91. The Balaban J connectivity index is 1.65. The molecule has 2 amide bonds. The van der Waals surface area contributed by atoms with E-state index in [4.69, 9.17) is 4.74 Å². The van der Waals surface area contributed by atoms with Gasteiger partial charge in [-0.15, -0.1) is 10.2 Å². The molecule has 174 valence electrons. The van der Waals surface area contributed by atoms with Gasteiger partial charge in [0.1, 0.15) is 11.6 Å². The molecule has 33 heavy (non-hydrogen) atoms. The van der Waals surface area contributed by atoms with Gasteiger partial charge in [0.2, 0.25) is 5.91 Å². The zero-order valence-corrected chi connectivity index (χ0v) is 19.6. The number of thioether (sulfide) groups is 1. The molecule has 1 atom stereocenters. The van der Waals surface area contributed by atoms with Crippen LogP contribution in [0.25, 0.3) is 0 Å². The lowest BCUT2D eigenvalue weighted by molar-refractivity contribution is -0.113. The molecule has 0 saturated heterocycles. The molecule has 0 aliphatic heterocycles. The highest BCUT2D eigenvalue weighted by molar-refractivity contribution is 7.99. The van der Waals surface area contributed by atoms with Crippen molar-refractivity contribution in [3.8, 4) is 5.75 Å². The second-order valence-electron chi connectivity index (χ2n) is 7.67. The normalized spacial score (nSPS) is 11.8. The maximum Gasteiger partial charge on any atom is 0.251 e. The van der Waals surface area contributed by atoms with Crippen molar-refractivity contribution >= 4 is 29.3 Å². The van der Waals surface area contributed by atoms with E-state index < -0.39 is 0 Å². The van der Waals surface area contributed by atoms with Gasteiger partial charge >= 0.3 is 0 Å². The van der Waals surface area contributed by atoms with Crippen LogP contribution in [-0.4, -0.2) is 39.4 Å². The Morgan fingerprint density at radius 3 is 2.36 bits per heavy atom. The Morgan fingerprint density at radius 1 is 1.09 bits per heavy atom. The molecule has 0 spiro atoms. The fourth-order valence-corrected chi connectivity index (χ4v) is 3.80. The number of ether oxygens (including phenoxy) is 1. The highest BCUT2D eigenvalue weighted by atomic mass is 32.2. The van der Waals surface area contributed by atoms with Gasteiger partial charge in [-0.3, -0.25) is 9.59 Å². The van der Waals surface area contributed by atoms with Gasteiger partial charge in [0.05, 0.1) is 18.9 Å². The molecule has 10 heteroatoms. The Hall–Kier alpha value is -3.40. The van der Waals surface area contributed by atoms with Crippen molar-refractivity contribution in [3.05, 3.63) is 65.7 Å². The summed E-state index contributed by atoms with van der Waals surface area (Å²) in [6, 6.07) is 12.0. The largest absolute Gasteiger partial charge is 0.497 e. The molecule has 8 nitrogen and oxygen atoms in total. The number of benzene rings is 2. The van der Waals surface area contributed by atoms with E-state index in [9.17, 15) is 14.0 Å². The Labute approximate surface area is 195 Å². The summed E-state index contributed by atoms with van der Waals surface area (Å²) in [6.07, 6.45) is 0. The third kappa shape index (κ3) is 6.32. The van der Waals surface area contributed by atoms with Crippen molar-refractivity contribution in [1.29, 1.82) is 0 Å². The summed E-state index contributed by atoms with van der Waals surface area (Å²) in [4.78, 5) is 25.0. The maximum absolute atomic E-state index is 13.0. The van der Waals surface area contributed by atoms with Gasteiger partial charge in [-0.25, -0.2) is 4.39 Å². The molecule has 0 fully saturated rings. The Kier molecular flexibility index (Phi) is 8.05. The summed E-state index contributed by atoms with van der Waals surface area (Å²) in [7, 11) is 3.37. The predicted molar refractivity (Wildman–Crippen MR) is 125 cm³/mol. The van der Waals surface area contributed by atoms with Crippen LogP contribution >= 0.6 is 11.8 Å². The number of carbonyl (C=O) groups excluding carboxylic acids is 2. The van der Waals surface area contributed by atoms with Crippen LogP contribution in [0, 0.1) is 11.7 Å². The lowest BCUT2D eigenvalue weighted by Crippen LogP contribution is -2.33. The number of anilines is 1. The van der Waals surface area contributed by atoms with Gasteiger partial charge < -0.3 is 19.9 Å². The van der Waals surface area contributed by atoms with Crippen molar-refractivity contribution in [2.75, 3.05) is 18.2 Å². The third-order valence-corrected chi connectivity index (χ3v) is 5.93. The molecule has 0 aliphatic rings. The van der Waals surface area contributed by atoms with Crippen LogP contribution in [0.5, 0.6) is 5.75 Å². The number of nitrogens with zero attached hydrogens (tertiary/aromatic N) is 3. The van der Waals surface area contributed by atoms with E-state index in [0.717, 1.165) is 0 Å². The highest BCUT2D eigenvalue weighted by Gasteiger charge is 2.25. The van der Waals surface area contributed by atoms with Crippen LogP contribution in [0.4, 0.5) is 10.1 Å². The zero-order valence-electron chi connectivity index (χ0n) is 18.8. The molecule has 1 heterocycles. The number of amides is 2. The van der Waals surface area contributed by atoms with Crippen molar-refractivity contribution in [2.45, 2.75) is 25.0 Å². The first-order valence-electron chi connectivity index (χ1n) is 10.3. The topological polar surface area (TPSA) is 98.1 Å². The average Bonchev–Trinajstić information content (AvgIpc) is 3.17. The van der Waals surface area contributed by atoms with Gasteiger partial charge in [0.25, 0.3) is 5.91 Å². The van der Waals surface area contributed by atoms with E-state index in [2.05, 4.69) is 20.8 Å². The first-order valence-corrected chi connectivity index (χ1v) is 11.3. The minimum absolute atomic E-state index is 0.0507.